The molecule has 1 unspecified atom stereocenters. The predicted octanol–water partition coefficient (Wildman–Crippen LogP) is 4.85. The first-order valence-electron chi connectivity index (χ1n) is 5.78. The van der Waals surface area contributed by atoms with Crippen molar-refractivity contribution >= 4 is 29.0 Å². The second-order valence-electron chi connectivity index (χ2n) is 4.28. The predicted molar refractivity (Wildman–Crippen MR) is 80.1 cm³/mol. The minimum Gasteiger partial charge on any atom is -0.389 e. The van der Waals surface area contributed by atoms with E-state index in [2.05, 4.69) is 12.1 Å². The van der Waals surface area contributed by atoms with Crippen LogP contribution in [0.5, 0.6) is 0 Å². The molecule has 0 bridgehead atoms. The molecule has 0 saturated heterocycles. The topological polar surface area (TPSA) is 20.2 Å². The molecule has 0 aliphatic rings. The third-order valence-electron chi connectivity index (χ3n) is 2.76. The minimum atomic E-state index is -0.401. The molecule has 0 spiro atoms. The summed E-state index contributed by atoms with van der Waals surface area (Å²) in [4.78, 5) is 2.32. The van der Waals surface area contributed by atoms with E-state index in [0.717, 1.165) is 21.0 Å². The Morgan fingerprint density at radius 1 is 1.33 bits per heavy atom. The van der Waals surface area contributed by atoms with Crippen LogP contribution >= 0.6 is 22.9 Å². The first-order chi connectivity index (χ1) is 8.56. The van der Waals surface area contributed by atoms with Crippen molar-refractivity contribution < 1.29 is 5.11 Å². The second kappa shape index (κ2) is 5.70. The van der Waals surface area contributed by atoms with Crippen molar-refractivity contribution in [2.75, 3.05) is 0 Å². The monoisotopic (exact) mass is 278 g/mol. The van der Waals surface area contributed by atoms with Crippen LogP contribution in [-0.4, -0.2) is 11.2 Å². The van der Waals surface area contributed by atoms with Crippen molar-refractivity contribution in [1.29, 1.82) is 0 Å². The molecule has 0 fully saturated rings. The SMILES string of the molecule is C/C(=C\c1ccc(-c2cccc(Cl)c2)s1)C(C)O. The van der Waals surface area contributed by atoms with Crippen LogP contribution in [0.3, 0.4) is 0 Å². The summed E-state index contributed by atoms with van der Waals surface area (Å²) in [5.74, 6) is 0. The largest absolute Gasteiger partial charge is 0.389 e. The molecule has 1 aromatic heterocycles. The minimum absolute atomic E-state index is 0.401. The number of benzene rings is 1. The number of rotatable bonds is 3. The summed E-state index contributed by atoms with van der Waals surface area (Å²) in [6, 6.07) is 12.0. The Kier molecular flexibility index (Phi) is 4.23. The summed E-state index contributed by atoms with van der Waals surface area (Å²) >= 11 is 7.68. The van der Waals surface area contributed by atoms with Gasteiger partial charge in [0.1, 0.15) is 0 Å². The van der Waals surface area contributed by atoms with E-state index in [9.17, 15) is 5.11 Å². The molecule has 2 aromatic rings. The van der Waals surface area contributed by atoms with E-state index in [1.165, 1.54) is 4.88 Å². The average Bonchev–Trinajstić information content (AvgIpc) is 2.77. The van der Waals surface area contributed by atoms with Crippen LogP contribution in [0.25, 0.3) is 16.5 Å². The molecule has 1 atom stereocenters. The smallest absolute Gasteiger partial charge is 0.0722 e. The van der Waals surface area contributed by atoms with Crippen LogP contribution in [0.1, 0.15) is 18.7 Å². The Morgan fingerprint density at radius 2 is 2.11 bits per heavy atom. The van der Waals surface area contributed by atoms with Crippen LogP contribution in [0, 0.1) is 0 Å². The van der Waals surface area contributed by atoms with Crippen molar-refractivity contribution in [3.05, 3.63) is 51.9 Å². The number of aliphatic hydroxyl groups excluding tert-OH is 1. The van der Waals surface area contributed by atoms with Crippen LogP contribution in [-0.2, 0) is 0 Å². The van der Waals surface area contributed by atoms with Gasteiger partial charge in [0.2, 0.25) is 0 Å². The lowest BCUT2D eigenvalue weighted by Gasteiger charge is -2.02. The van der Waals surface area contributed by atoms with Gasteiger partial charge in [-0.05, 0) is 55.3 Å². The summed E-state index contributed by atoms with van der Waals surface area (Å²) < 4.78 is 0. The van der Waals surface area contributed by atoms with Gasteiger partial charge in [-0.2, -0.15) is 0 Å². The molecule has 3 heteroatoms. The van der Waals surface area contributed by atoms with Gasteiger partial charge in [0.05, 0.1) is 6.10 Å². The highest BCUT2D eigenvalue weighted by Gasteiger charge is 2.04. The van der Waals surface area contributed by atoms with Gasteiger partial charge in [-0.3, -0.25) is 0 Å². The zero-order valence-corrected chi connectivity index (χ0v) is 11.9. The van der Waals surface area contributed by atoms with Crippen molar-refractivity contribution in [1.82, 2.24) is 0 Å². The lowest BCUT2D eigenvalue weighted by molar-refractivity contribution is 0.232. The Bertz CT molecular complexity index is 569. The van der Waals surface area contributed by atoms with Gasteiger partial charge in [-0.25, -0.2) is 0 Å². The van der Waals surface area contributed by atoms with E-state index in [1.54, 1.807) is 18.3 Å². The summed E-state index contributed by atoms with van der Waals surface area (Å²) in [5.41, 5.74) is 2.09. The molecule has 1 aromatic carbocycles. The van der Waals surface area contributed by atoms with E-state index in [-0.39, 0.29) is 0 Å². The van der Waals surface area contributed by atoms with Crippen molar-refractivity contribution in [3.63, 3.8) is 0 Å². The fourth-order valence-electron chi connectivity index (χ4n) is 1.57. The quantitative estimate of drug-likeness (QED) is 0.851. The van der Waals surface area contributed by atoms with Gasteiger partial charge in [-0.1, -0.05) is 23.7 Å². The maximum Gasteiger partial charge on any atom is 0.0722 e. The third-order valence-corrected chi connectivity index (χ3v) is 4.08. The maximum atomic E-state index is 9.46. The van der Waals surface area contributed by atoms with E-state index in [1.807, 2.05) is 37.3 Å². The Labute approximate surface area is 116 Å². The van der Waals surface area contributed by atoms with Crippen molar-refractivity contribution in [2.24, 2.45) is 0 Å². The highest BCUT2D eigenvalue weighted by atomic mass is 35.5. The first kappa shape index (κ1) is 13.3. The highest BCUT2D eigenvalue weighted by Crippen LogP contribution is 2.30. The number of aliphatic hydroxyl groups is 1. The molecule has 2 rings (SSSR count). The molecule has 94 valence electrons. The second-order valence-corrected chi connectivity index (χ2v) is 5.83. The molecule has 0 aliphatic carbocycles. The van der Waals surface area contributed by atoms with Gasteiger partial charge >= 0.3 is 0 Å². The normalized spacial score (nSPS) is 13.7. The number of halogens is 1. The Balaban J connectivity index is 2.29. The van der Waals surface area contributed by atoms with Crippen LogP contribution in [0.15, 0.2) is 42.0 Å². The van der Waals surface area contributed by atoms with Gasteiger partial charge in [0.15, 0.2) is 0 Å². The van der Waals surface area contributed by atoms with Crippen LogP contribution < -0.4 is 0 Å². The zero-order chi connectivity index (χ0) is 13.1. The summed E-state index contributed by atoms with van der Waals surface area (Å²) in [6.45, 7) is 3.71. The molecule has 0 radical (unpaired) electrons. The molecule has 0 amide bonds. The Morgan fingerprint density at radius 3 is 2.78 bits per heavy atom. The van der Waals surface area contributed by atoms with Crippen molar-refractivity contribution in [2.45, 2.75) is 20.0 Å². The van der Waals surface area contributed by atoms with Crippen LogP contribution in [0.2, 0.25) is 5.02 Å². The van der Waals surface area contributed by atoms with Gasteiger partial charge in [0, 0.05) is 14.8 Å². The standard InChI is InChI=1S/C15H15ClOS/c1-10(11(2)17)8-14-6-7-15(18-14)12-4-3-5-13(16)9-12/h3-9,11,17H,1-2H3/b10-8+. The van der Waals surface area contributed by atoms with Gasteiger partial charge < -0.3 is 5.11 Å². The number of hydrogen-bond acceptors (Lipinski definition) is 2. The van der Waals surface area contributed by atoms with E-state index < -0.39 is 6.10 Å². The molecular formula is C15H15ClOS. The molecule has 1 N–H and O–H groups in total. The van der Waals surface area contributed by atoms with E-state index in [4.69, 9.17) is 11.6 Å². The highest BCUT2D eigenvalue weighted by molar-refractivity contribution is 7.16. The third kappa shape index (κ3) is 3.22. The molecule has 1 heterocycles. The average molecular weight is 279 g/mol. The van der Waals surface area contributed by atoms with Gasteiger partial charge in [0.25, 0.3) is 0 Å². The first-order valence-corrected chi connectivity index (χ1v) is 6.98. The molecule has 1 nitrogen and oxygen atoms in total. The lowest BCUT2D eigenvalue weighted by Crippen LogP contribution is -1.99. The molecular weight excluding hydrogens is 264 g/mol. The fraction of sp³-hybridized carbons (Fsp3) is 0.200. The fourth-order valence-corrected chi connectivity index (χ4v) is 2.78. The molecule has 18 heavy (non-hydrogen) atoms. The van der Waals surface area contributed by atoms with Crippen LogP contribution in [0.4, 0.5) is 0 Å². The van der Waals surface area contributed by atoms with E-state index in [0.29, 0.717) is 0 Å². The zero-order valence-electron chi connectivity index (χ0n) is 10.4. The van der Waals surface area contributed by atoms with Crippen molar-refractivity contribution in [3.8, 4) is 10.4 Å². The maximum absolute atomic E-state index is 9.46. The molecule has 0 saturated carbocycles. The Hall–Kier alpha value is -1.09. The number of hydrogen-bond donors (Lipinski definition) is 1. The van der Waals surface area contributed by atoms with E-state index >= 15 is 0 Å². The lowest BCUT2D eigenvalue weighted by atomic mass is 10.1. The number of thiophene rings is 1. The summed E-state index contributed by atoms with van der Waals surface area (Å²) in [7, 11) is 0. The summed E-state index contributed by atoms with van der Waals surface area (Å²) in [6.07, 6.45) is 1.62. The molecule has 0 aliphatic heterocycles. The van der Waals surface area contributed by atoms with Gasteiger partial charge in [-0.15, -0.1) is 11.3 Å². The summed E-state index contributed by atoms with van der Waals surface area (Å²) in [5, 5.41) is 10.2.